The minimum atomic E-state index is -0.126. The van der Waals surface area contributed by atoms with Crippen LogP contribution in [0.25, 0.3) is 0 Å². The molecule has 3 nitrogen and oxygen atoms in total. The molecule has 0 radical (unpaired) electrons. The number of anilines is 1. The van der Waals surface area contributed by atoms with Gasteiger partial charge in [-0.3, -0.25) is 4.79 Å². The van der Waals surface area contributed by atoms with Crippen LogP contribution < -0.4 is 5.32 Å². The van der Waals surface area contributed by atoms with Gasteiger partial charge in [-0.1, -0.05) is 5.57 Å². The molecule has 0 saturated heterocycles. The van der Waals surface area contributed by atoms with Crippen LogP contribution in [0.5, 0.6) is 0 Å². The van der Waals surface area contributed by atoms with Crippen LogP contribution >= 0.6 is 15.9 Å². The number of hydrogen-bond acceptors (Lipinski definition) is 2. The Kier molecular flexibility index (Phi) is 4.03. The quantitative estimate of drug-likeness (QED) is 0.662. The second-order valence-electron chi connectivity index (χ2n) is 3.54. The van der Waals surface area contributed by atoms with Crippen LogP contribution in [-0.2, 0) is 4.79 Å². The second kappa shape index (κ2) is 5.07. The summed E-state index contributed by atoms with van der Waals surface area (Å²) < 4.78 is 0.794. The van der Waals surface area contributed by atoms with E-state index in [1.165, 1.54) is 0 Å². The summed E-state index contributed by atoms with van der Waals surface area (Å²) in [7, 11) is 0. The van der Waals surface area contributed by atoms with Crippen molar-refractivity contribution in [2.75, 3.05) is 5.32 Å². The zero-order valence-electron chi connectivity index (χ0n) is 8.97. The highest BCUT2D eigenvalue weighted by molar-refractivity contribution is 9.10. The molecule has 1 aromatic heterocycles. The van der Waals surface area contributed by atoms with Gasteiger partial charge in [-0.25, -0.2) is 4.98 Å². The predicted molar refractivity (Wildman–Crippen MR) is 64.7 cm³/mol. The van der Waals surface area contributed by atoms with Crippen molar-refractivity contribution in [3.63, 3.8) is 0 Å². The van der Waals surface area contributed by atoms with Crippen molar-refractivity contribution >= 4 is 27.5 Å². The third-order valence-electron chi connectivity index (χ3n) is 1.70. The topological polar surface area (TPSA) is 42.0 Å². The number of halogens is 1. The van der Waals surface area contributed by atoms with E-state index in [0.29, 0.717) is 5.69 Å². The van der Waals surface area contributed by atoms with Crippen LogP contribution in [0.3, 0.4) is 0 Å². The van der Waals surface area contributed by atoms with Gasteiger partial charge in [0.05, 0.1) is 11.9 Å². The molecule has 0 fully saturated rings. The number of nitrogens with zero attached hydrogens (tertiary/aromatic N) is 1. The smallest absolute Gasteiger partial charge is 0.248 e. The molecular weight excluding hydrogens is 256 g/mol. The predicted octanol–water partition coefficient (Wildman–Crippen LogP) is 3.06. The van der Waals surface area contributed by atoms with Crippen molar-refractivity contribution in [1.82, 2.24) is 4.98 Å². The molecule has 80 valence electrons. The Balaban J connectivity index is 2.78. The van der Waals surface area contributed by atoms with Crippen LogP contribution in [0.1, 0.15) is 19.4 Å². The number of aromatic nitrogens is 1. The fourth-order valence-corrected chi connectivity index (χ4v) is 1.28. The minimum Gasteiger partial charge on any atom is -0.321 e. The van der Waals surface area contributed by atoms with Gasteiger partial charge >= 0.3 is 0 Å². The lowest BCUT2D eigenvalue weighted by Crippen LogP contribution is -2.08. The van der Waals surface area contributed by atoms with Crippen molar-refractivity contribution < 1.29 is 4.79 Å². The molecule has 0 aliphatic rings. The molecule has 15 heavy (non-hydrogen) atoms. The number of amides is 1. The maximum Gasteiger partial charge on any atom is 0.248 e. The van der Waals surface area contributed by atoms with Gasteiger partial charge in [0.25, 0.3) is 0 Å². The van der Waals surface area contributed by atoms with Gasteiger partial charge in [0.2, 0.25) is 5.91 Å². The molecule has 0 aromatic carbocycles. The average Bonchev–Trinajstić information content (AvgIpc) is 2.10. The molecule has 1 rings (SSSR count). The van der Waals surface area contributed by atoms with E-state index in [9.17, 15) is 4.79 Å². The molecule has 1 amide bonds. The third kappa shape index (κ3) is 3.83. The summed E-state index contributed by atoms with van der Waals surface area (Å²) in [5.41, 5.74) is 2.66. The normalized spacial score (nSPS) is 9.60. The van der Waals surface area contributed by atoms with Crippen LogP contribution in [0, 0.1) is 6.92 Å². The zero-order chi connectivity index (χ0) is 11.4. The first-order chi connectivity index (χ1) is 6.99. The molecule has 0 bridgehead atoms. The van der Waals surface area contributed by atoms with E-state index < -0.39 is 0 Å². The molecule has 0 atom stereocenters. The highest BCUT2D eigenvalue weighted by Crippen LogP contribution is 2.16. The number of allylic oxidation sites excluding steroid dienone is 1. The monoisotopic (exact) mass is 268 g/mol. The fourth-order valence-electron chi connectivity index (χ4n) is 1.07. The summed E-state index contributed by atoms with van der Waals surface area (Å²) in [5.74, 6) is -0.126. The Morgan fingerprint density at radius 3 is 2.73 bits per heavy atom. The minimum absolute atomic E-state index is 0.126. The number of carbonyl (C=O) groups is 1. The number of aryl methyl sites for hydroxylation is 1. The molecule has 1 N–H and O–H groups in total. The van der Waals surface area contributed by atoms with Crippen molar-refractivity contribution in [2.45, 2.75) is 20.8 Å². The fraction of sp³-hybridized carbons (Fsp3) is 0.273. The lowest BCUT2D eigenvalue weighted by molar-refractivity contribution is -0.111. The van der Waals surface area contributed by atoms with Crippen molar-refractivity contribution in [1.29, 1.82) is 0 Å². The summed E-state index contributed by atoms with van der Waals surface area (Å²) in [5, 5.41) is 2.74. The van der Waals surface area contributed by atoms with Gasteiger partial charge in [0.15, 0.2) is 0 Å². The number of rotatable bonds is 2. The lowest BCUT2D eigenvalue weighted by atomic mass is 10.3. The maximum absolute atomic E-state index is 11.4. The molecule has 1 heterocycles. The Bertz CT molecular complexity index is 409. The van der Waals surface area contributed by atoms with Crippen LogP contribution in [0.15, 0.2) is 28.5 Å². The molecule has 0 saturated carbocycles. The summed E-state index contributed by atoms with van der Waals surface area (Å²) in [6, 6.07) is 1.87. The van der Waals surface area contributed by atoms with E-state index in [1.54, 1.807) is 12.3 Å². The lowest BCUT2D eigenvalue weighted by Gasteiger charge is -2.04. The van der Waals surface area contributed by atoms with Crippen molar-refractivity contribution in [3.05, 3.63) is 34.1 Å². The van der Waals surface area contributed by atoms with Crippen LogP contribution in [0.2, 0.25) is 0 Å². The summed E-state index contributed by atoms with van der Waals surface area (Å²) in [6.45, 7) is 5.68. The molecule has 0 spiro atoms. The SMILES string of the molecule is CC(C)=CC(=O)Nc1cnc(Br)c(C)c1. The molecule has 4 heteroatoms. The average molecular weight is 269 g/mol. The summed E-state index contributed by atoms with van der Waals surface area (Å²) in [6.07, 6.45) is 3.17. The highest BCUT2D eigenvalue weighted by atomic mass is 79.9. The van der Waals surface area contributed by atoms with Crippen LogP contribution in [0.4, 0.5) is 5.69 Å². The van der Waals surface area contributed by atoms with Crippen LogP contribution in [-0.4, -0.2) is 10.9 Å². The second-order valence-corrected chi connectivity index (χ2v) is 4.29. The number of pyridine rings is 1. The van der Waals surface area contributed by atoms with E-state index >= 15 is 0 Å². The largest absolute Gasteiger partial charge is 0.321 e. The van der Waals surface area contributed by atoms with Gasteiger partial charge in [-0.15, -0.1) is 0 Å². The highest BCUT2D eigenvalue weighted by Gasteiger charge is 2.01. The molecule has 1 aromatic rings. The van der Waals surface area contributed by atoms with Gasteiger partial charge in [-0.05, 0) is 48.3 Å². The first kappa shape index (κ1) is 11.9. The van der Waals surface area contributed by atoms with Gasteiger partial charge in [0, 0.05) is 6.08 Å². The first-order valence-corrected chi connectivity index (χ1v) is 5.36. The molecular formula is C11H13BrN2O. The maximum atomic E-state index is 11.4. The van der Waals surface area contributed by atoms with E-state index in [1.807, 2.05) is 26.8 Å². The summed E-state index contributed by atoms with van der Waals surface area (Å²) >= 11 is 3.30. The standard InChI is InChI=1S/C11H13BrN2O/c1-7(2)4-10(15)14-9-5-8(3)11(12)13-6-9/h4-6H,1-3H3,(H,14,15). The Morgan fingerprint density at radius 1 is 1.53 bits per heavy atom. The van der Waals surface area contributed by atoms with Gasteiger partial charge in [-0.2, -0.15) is 0 Å². The van der Waals surface area contributed by atoms with E-state index in [-0.39, 0.29) is 5.91 Å². The number of nitrogens with one attached hydrogen (secondary N) is 1. The zero-order valence-corrected chi connectivity index (χ0v) is 10.6. The van der Waals surface area contributed by atoms with Crippen molar-refractivity contribution in [3.8, 4) is 0 Å². The van der Waals surface area contributed by atoms with Gasteiger partial charge in [0.1, 0.15) is 4.60 Å². The molecule has 0 aliphatic carbocycles. The Labute approximate surface area is 97.7 Å². The summed E-state index contributed by atoms with van der Waals surface area (Å²) in [4.78, 5) is 15.5. The number of hydrogen-bond donors (Lipinski definition) is 1. The van der Waals surface area contributed by atoms with E-state index in [4.69, 9.17) is 0 Å². The molecule has 0 aliphatic heterocycles. The first-order valence-electron chi connectivity index (χ1n) is 4.57. The van der Waals surface area contributed by atoms with Gasteiger partial charge < -0.3 is 5.32 Å². The third-order valence-corrected chi connectivity index (χ3v) is 2.53. The van der Waals surface area contributed by atoms with Crippen molar-refractivity contribution in [2.24, 2.45) is 0 Å². The Morgan fingerprint density at radius 2 is 2.20 bits per heavy atom. The Hall–Kier alpha value is -1.16. The molecule has 0 unspecified atom stereocenters. The number of carbonyl (C=O) groups excluding carboxylic acids is 1. The van der Waals surface area contributed by atoms with E-state index in [0.717, 1.165) is 15.7 Å². The van der Waals surface area contributed by atoms with E-state index in [2.05, 4.69) is 26.2 Å².